The second-order valence-electron chi connectivity index (χ2n) is 7.85. The lowest BCUT2D eigenvalue weighted by Gasteiger charge is -2.20. The maximum absolute atomic E-state index is 5.52. The standard InChI is InChI=1S/C25H30N6O2/c1-4-5-8-20(19-9-6-13-26-19)29-24-23-21(10-7-14-27-23)30-25(31-24)28-16-17-11-12-18(32-2)15-22(17)33-3/h6-7,10-15,20H,4-5,8-9,16H2,1-3H3,(H2,28,29,30,31)/t20-/m1/s1. The molecule has 0 saturated heterocycles. The zero-order chi connectivity index (χ0) is 23.0. The molecule has 33 heavy (non-hydrogen) atoms. The molecule has 1 aliphatic rings. The van der Waals surface area contributed by atoms with E-state index in [2.05, 4.69) is 38.6 Å². The summed E-state index contributed by atoms with van der Waals surface area (Å²) in [7, 11) is 3.29. The fraction of sp³-hybridized carbons (Fsp3) is 0.360. The quantitative estimate of drug-likeness (QED) is 0.429. The van der Waals surface area contributed by atoms with Gasteiger partial charge in [-0.3, -0.25) is 9.98 Å². The minimum atomic E-state index is 0.106. The Labute approximate surface area is 194 Å². The molecule has 0 fully saturated rings. The highest BCUT2D eigenvalue weighted by Crippen LogP contribution is 2.26. The van der Waals surface area contributed by atoms with E-state index in [1.54, 1.807) is 20.4 Å². The minimum absolute atomic E-state index is 0.106. The number of ether oxygens (including phenoxy) is 2. The average molecular weight is 447 g/mol. The summed E-state index contributed by atoms with van der Waals surface area (Å²) in [4.78, 5) is 18.6. The minimum Gasteiger partial charge on any atom is -0.497 e. The van der Waals surface area contributed by atoms with E-state index in [0.29, 0.717) is 18.3 Å². The van der Waals surface area contributed by atoms with Crippen molar-refractivity contribution in [1.82, 2.24) is 15.0 Å². The van der Waals surface area contributed by atoms with Gasteiger partial charge in [-0.1, -0.05) is 25.8 Å². The molecule has 0 radical (unpaired) electrons. The fourth-order valence-corrected chi connectivity index (χ4v) is 3.82. The summed E-state index contributed by atoms with van der Waals surface area (Å²) in [5, 5.41) is 6.95. The summed E-state index contributed by atoms with van der Waals surface area (Å²) in [5.74, 6) is 2.73. The first-order chi connectivity index (χ1) is 16.2. The Morgan fingerprint density at radius 3 is 2.79 bits per heavy atom. The lowest BCUT2D eigenvalue weighted by atomic mass is 10.0. The first kappa shape index (κ1) is 22.5. The van der Waals surface area contributed by atoms with Gasteiger partial charge >= 0.3 is 0 Å². The molecule has 0 unspecified atom stereocenters. The van der Waals surface area contributed by atoms with Crippen LogP contribution in [0.15, 0.2) is 53.8 Å². The van der Waals surface area contributed by atoms with Gasteiger partial charge in [0.15, 0.2) is 5.82 Å². The van der Waals surface area contributed by atoms with Crippen molar-refractivity contribution in [3.8, 4) is 11.5 Å². The highest BCUT2D eigenvalue weighted by molar-refractivity contribution is 5.96. The molecule has 8 heteroatoms. The predicted octanol–water partition coefficient (Wildman–Crippen LogP) is 4.98. The van der Waals surface area contributed by atoms with E-state index in [4.69, 9.17) is 14.5 Å². The monoisotopic (exact) mass is 446 g/mol. The van der Waals surface area contributed by atoms with Gasteiger partial charge in [0.1, 0.15) is 17.0 Å². The number of methoxy groups -OCH3 is 2. The van der Waals surface area contributed by atoms with Gasteiger partial charge in [0, 0.05) is 42.7 Å². The molecule has 3 heterocycles. The van der Waals surface area contributed by atoms with Crippen LogP contribution in [-0.2, 0) is 6.54 Å². The summed E-state index contributed by atoms with van der Waals surface area (Å²) in [5.41, 5.74) is 3.64. The topological polar surface area (TPSA) is 93.6 Å². The van der Waals surface area contributed by atoms with Crippen LogP contribution in [0.1, 0.15) is 38.2 Å². The van der Waals surface area contributed by atoms with E-state index in [0.717, 1.165) is 59.5 Å². The van der Waals surface area contributed by atoms with Gasteiger partial charge in [-0.05, 0) is 30.7 Å². The Morgan fingerprint density at radius 2 is 2.03 bits per heavy atom. The predicted molar refractivity (Wildman–Crippen MR) is 132 cm³/mol. The smallest absolute Gasteiger partial charge is 0.225 e. The van der Waals surface area contributed by atoms with Crippen molar-refractivity contribution in [1.29, 1.82) is 0 Å². The molecule has 2 aromatic heterocycles. The van der Waals surface area contributed by atoms with Gasteiger partial charge in [-0.2, -0.15) is 4.98 Å². The summed E-state index contributed by atoms with van der Waals surface area (Å²) in [6, 6.07) is 9.68. The van der Waals surface area contributed by atoms with Crippen LogP contribution >= 0.6 is 0 Å². The van der Waals surface area contributed by atoms with Gasteiger partial charge in [-0.25, -0.2) is 4.98 Å². The Hall–Kier alpha value is -3.68. The van der Waals surface area contributed by atoms with Gasteiger partial charge in [-0.15, -0.1) is 0 Å². The molecular weight excluding hydrogens is 416 g/mol. The molecule has 0 saturated carbocycles. The van der Waals surface area contributed by atoms with Crippen LogP contribution in [0.4, 0.5) is 11.8 Å². The molecular formula is C25H30N6O2. The highest BCUT2D eigenvalue weighted by atomic mass is 16.5. The molecule has 1 atom stereocenters. The van der Waals surface area contributed by atoms with Crippen molar-refractivity contribution < 1.29 is 9.47 Å². The first-order valence-corrected chi connectivity index (χ1v) is 11.3. The number of pyridine rings is 1. The number of fused-ring (bicyclic) bond motifs is 1. The number of unbranched alkanes of at least 4 members (excludes halogenated alkanes) is 1. The molecule has 4 rings (SSSR count). The number of benzene rings is 1. The number of hydrogen-bond acceptors (Lipinski definition) is 8. The van der Waals surface area contributed by atoms with Crippen molar-refractivity contribution in [2.75, 3.05) is 24.9 Å². The first-order valence-electron chi connectivity index (χ1n) is 11.3. The molecule has 0 amide bonds. The molecule has 0 bridgehead atoms. The van der Waals surface area contributed by atoms with Crippen LogP contribution in [0.25, 0.3) is 11.0 Å². The lowest BCUT2D eigenvalue weighted by Crippen LogP contribution is -2.29. The summed E-state index contributed by atoms with van der Waals surface area (Å²) in [6.07, 6.45) is 9.81. The molecule has 8 nitrogen and oxygen atoms in total. The van der Waals surface area contributed by atoms with E-state index < -0.39 is 0 Å². The Bertz CT molecular complexity index is 1160. The highest BCUT2D eigenvalue weighted by Gasteiger charge is 2.19. The van der Waals surface area contributed by atoms with Gasteiger partial charge in [0.05, 0.1) is 25.8 Å². The maximum atomic E-state index is 5.52. The van der Waals surface area contributed by atoms with Crippen molar-refractivity contribution in [2.45, 2.75) is 45.2 Å². The van der Waals surface area contributed by atoms with Crippen molar-refractivity contribution >= 4 is 28.5 Å². The SMILES string of the molecule is CCCC[C@@H](Nc1nc(NCc2ccc(OC)cc2OC)nc2cccnc12)C1=NC=CC1. The van der Waals surface area contributed by atoms with E-state index in [1.165, 1.54) is 0 Å². The maximum Gasteiger partial charge on any atom is 0.225 e. The van der Waals surface area contributed by atoms with Crippen molar-refractivity contribution in [3.05, 3.63) is 54.4 Å². The normalized spacial score (nSPS) is 13.6. The van der Waals surface area contributed by atoms with Gasteiger partial charge < -0.3 is 20.1 Å². The van der Waals surface area contributed by atoms with Crippen LogP contribution < -0.4 is 20.1 Å². The van der Waals surface area contributed by atoms with Crippen LogP contribution in [0.2, 0.25) is 0 Å². The molecule has 2 N–H and O–H groups in total. The number of rotatable bonds is 11. The van der Waals surface area contributed by atoms with Crippen molar-refractivity contribution in [3.63, 3.8) is 0 Å². The molecule has 0 aliphatic carbocycles. The average Bonchev–Trinajstić information content (AvgIpc) is 3.40. The molecule has 1 aromatic carbocycles. The van der Waals surface area contributed by atoms with Gasteiger partial charge in [0.25, 0.3) is 0 Å². The molecule has 172 valence electrons. The Balaban J connectivity index is 1.60. The number of allylic oxidation sites excluding steroid dienone is 1. The number of nitrogens with zero attached hydrogens (tertiary/aromatic N) is 4. The third kappa shape index (κ3) is 5.39. The number of nitrogens with one attached hydrogen (secondary N) is 2. The third-order valence-corrected chi connectivity index (χ3v) is 5.62. The van der Waals surface area contributed by atoms with Crippen LogP contribution in [0.3, 0.4) is 0 Å². The fourth-order valence-electron chi connectivity index (χ4n) is 3.82. The van der Waals surface area contributed by atoms with Gasteiger partial charge in [0.2, 0.25) is 5.95 Å². The second kappa shape index (κ2) is 10.8. The lowest BCUT2D eigenvalue weighted by molar-refractivity contribution is 0.391. The number of aliphatic imine (C=N–C) groups is 1. The number of hydrogen-bond donors (Lipinski definition) is 2. The second-order valence-corrected chi connectivity index (χ2v) is 7.85. The van der Waals surface area contributed by atoms with Crippen LogP contribution in [0, 0.1) is 0 Å². The van der Waals surface area contributed by atoms with Crippen molar-refractivity contribution in [2.24, 2.45) is 4.99 Å². The third-order valence-electron chi connectivity index (χ3n) is 5.62. The van der Waals surface area contributed by atoms with E-state index in [9.17, 15) is 0 Å². The number of anilines is 2. The summed E-state index contributed by atoms with van der Waals surface area (Å²) < 4.78 is 10.8. The molecule has 3 aromatic rings. The molecule has 1 aliphatic heterocycles. The summed E-state index contributed by atoms with van der Waals surface area (Å²) >= 11 is 0. The van der Waals surface area contributed by atoms with Crippen LogP contribution in [0.5, 0.6) is 11.5 Å². The number of aromatic nitrogens is 3. The Morgan fingerprint density at radius 1 is 1.12 bits per heavy atom. The van der Waals surface area contributed by atoms with E-state index in [1.807, 2.05) is 36.5 Å². The zero-order valence-corrected chi connectivity index (χ0v) is 19.3. The van der Waals surface area contributed by atoms with E-state index >= 15 is 0 Å². The zero-order valence-electron chi connectivity index (χ0n) is 19.3. The van der Waals surface area contributed by atoms with E-state index in [-0.39, 0.29) is 6.04 Å². The Kier molecular flexibility index (Phi) is 7.34. The van der Waals surface area contributed by atoms with Crippen LogP contribution in [-0.4, -0.2) is 40.9 Å². The molecule has 0 spiro atoms. The largest absolute Gasteiger partial charge is 0.497 e. The summed E-state index contributed by atoms with van der Waals surface area (Å²) in [6.45, 7) is 2.71.